The van der Waals surface area contributed by atoms with E-state index in [9.17, 15) is 4.79 Å². The first-order valence-electron chi connectivity index (χ1n) is 9.00. The molecule has 2 fully saturated rings. The van der Waals surface area contributed by atoms with Gasteiger partial charge in [-0.05, 0) is 36.5 Å². The highest BCUT2D eigenvalue weighted by molar-refractivity contribution is 5.84. The summed E-state index contributed by atoms with van der Waals surface area (Å²) in [5.41, 5.74) is 0. The van der Waals surface area contributed by atoms with E-state index in [0.717, 1.165) is 25.3 Å². The van der Waals surface area contributed by atoms with Gasteiger partial charge in [-0.15, -0.1) is 0 Å². The SMILES string of the molecule is CCC(C)C1NC(CC(C)C)N(CC2CCCC2C)C1=O. The minimum atomic E-state index is 0.0375. The largest absolute Gasteiger partial charge is 0.325 e. The average Bonchev–Trinajstić information content (AvgIpc) is 2.96. The molecule has 21 heavy (non-hydrogen) atoms. The molecule has 1 aliphatic carbocycles. The van der Waals surface area contributed by atoms with Gasteiger partial charge in [0.15, 0.2) is 0 Å². The van der Waals surface area contributed by atoms with Crippen LogP contribution in [0.3, 0.4) is 0 Å². The average molecular weight is 294 g/mol. The molecule has 1 N–H and O–H groups in total. The predicted octanol–water partition coefficient (Wildman–Crippen LogP) is 3.64. The fraction of sp³-hybridized carbons (Fsp3) is 0.944. The summed E-state index contributed by atoms with van der Waals surface area (Å²) in [6.07, 6.45) is 6.36. The monoisotopic (exact) mass is 294 g/mol. The lowest BCUT2D eigenvalue weighted by Gasteiger charge is -2.29. The Morgan fingerprint density at radius 2 is 2.00 bits per heavy atom. The number of hydrogen-bond donors (Lipinski definition) is 1. The zero-order valence-corrected chi connectivity index (χ0v) is 14.6. The van der Waals surface area contributed by atoms with Crippen LogP contribution in [0.4, 0.5) is 0 Å². The molecular formula is C18H34N2O. The quantitative estimate of drug-likeness (QED) is 0.811. The van der Waals surface area contributed by atoms with Crippen molar-refractivity contribution in [3.63, 3.8) is 0 Å². The van der Waals surface area contributed by atoms with Crippen LogP contribution in [-0.4, -0.2) is 29.6 Å². The summed E-state index contributed by atoms with van der Waals surface area (Å²) in [6, 6.07) is 0.0375. The lowest BCUT2D eigenvalue weighted by molar-refractivity contribution is -0.131. The zero-order valence-electron chi connectivity index (χ0n) is 14.6. The van der Waals surface area contributed by atoms with Crippen LogP contribution in [0, 0.1) is 23.7 Å². The first kappa shape index (κ1) is 16.8. The third-order valence-corrected chi connectivity index (χ3v) is 5.68. The lowest BCUT2D eigenvalue weighted by Crippen LogP contribution is -2.41. The van der Waals surface area contributed by atoms with Crippen LogP contribution in [-0.2, 0) is 4.79 Å². The second-order valence-corrected chi connectivity index (χ2v) is 7.83. The van der Waals surface area contributed by atoms with Gasteiger partial charge >= 0.3 is 0 Å². The Kier molecular flexibility index (Phi) is 5.70. The normalized spacial score (nSPS) is 35.0. The fourth-order valence-corrected chi connectivity index (χ4v) is 3.95. The highest BCUT2D eigenvalue weighted by Crippen LogP contribution is 2.34. The molecule has 1 aliphatic heterocycles. The molecule has 0 aromatic heterocycles. The molecule has 3 nitrogen and oxygen atoms in total. The third-order valence-electron chi connectivity index (χ3n) is 5.68. The standard InChI is InChI=1S/C18H34N2O/c1-6-13(4)17-18(21)20(16(19-17)10-12(2)3)11-15-9-7-8-14(15)5/h12-17,19H,6-11H2,1-5H3. The van der Waals surface area contributed by atoms with E-state index in [-0.39, 0.29) is 12.2 Å². The molecule has 0 aromatic carbocycles. The van der Waals surface area contributed by atoms with Gasteiger partial charge in [0.25, 0.3) is 0 Å². The molecule has 0 bridgehead atoms. The second-order valence-electron chi connectivity index (χ2n) is 7.83. The summed E-state index contributed by atoms with van der Waals surface area (Å²) < 4.78 is 0. The molecule has 2 aliphatic rings. The van der Waals surface area contributed by atoms with Crippen molar-refractivity contribution in [3.05, 3.63) is 0 Å². The van der Waals surface area contributed by atoms with Gasteiger partial charge in [-0.1, -0.05) is 53.9 Å². The van der Waals surface area contributed by atoms with E-state index in [4.69, 9.17) is 0 Å². The Morgan fingerprint density at radius 3 is 2.52 bits per heavy atom. The number of rotatable bonds is 6. The molecule has 5 atom stereocenters. The summed E-state index contributed by atoms with van der Waals surface area (Å²) in [5.74, 6) is 2.89. The maximum absolute atomic E-state index is 12.9. The van der Waals surface area contributed by atoms with Crippen LogP contribution >= 0.6 is 0 Å². The Hall–Kier alpha value is -0.570. The van der Waals surface area contributed by atoms with Crippen LogP contribution in [0.1, 0.15) is 66.7 Å². The van der Waals surface area contributed by atoms with E-state index in [1.165, 1.54) is 19.3 Å². The molecule has 0 radical (unpaired) electrons. The van der Waals surface area contributed by atoms with Gasteiger partial charge in [0, 0.05) is 6.54 Å². The van der Waals surface area contributed by atoms with Crippen molar-refractivity contribution in [2.45, 2.75) is 78.9 Å². The smallest absolute Gasteiger partial charge is 0.241 e. The van der Waals surface area contributed by atoms with Crippen molar-refractivity contribution in [3.8, 4) is 0 Å². The van der Waals surface area contributed by atoms with Crippen LogP contribution in [0.15, 0.2) is 0 Å². The molecule has 1 amide bonds. The van der Waals surface area contributed by atoms with E-state index >= 15 is 0 Å². The minimum Gasteiger partial charge on any atom is -0.325 e. The van der Waals surface area contributed by atoms with Gasteiger partial charge in [0.2, 0.25) is 5.91 Å². The Labute approximate surface area is 130 Å². The van der Waals surface area contributed by atoms with Gasteiger partial charge in [-0.25, -0.2) is 0 Å². The first-order chi connectivity index (χ1) is 9.93. The first-order valence-corrected chi connectivity index (χ1v) is 9.00. The Balaban J connectivity index is 2.07. The Bertz CT molecular complexity index is 355. The number of nitrogens with zero attached hydrogens (tertiary/aromatic N) is 1. The van der Waals surface area contributed by atoms with Crippen LogP contribution in [0.25, 0.3) is 0 Å². The molecule has 0 aromatic rings. The third kappa shape index (κ3) is 3.80. The summed E-state index contributed by atoms with van der Waals surface area (Å²) >= 11 is 0. The van der Waals surface area contributed by atoms with E-state index in [0.29, 0.717) is 23.7 Å². The maximum Gasteiger partial charge on any atom is 0.241 e. The van der Waals surface area contributed by atoms with E-state index in [1.54, 1.807) is 0 Å². The van der Waals surface area contributed by atoms with Gasteiger partial charge in [0.05, 0.1) is 12.2 Å². The highest BCUT2D eigenvalue weighted by Gasteiger charge is 2.42. The van der Waals surface area contributed by atoms with Crippen molar-refractivity contribution in [1.82, 2.24) is 10.2 Å². The van der Waals surface area contributed by atoms with Gasteiger partial charge < -0.3 is 4.90 Å². The van der Waals surface area contributed by atoms with Crippen molar-refractivity contribution in [1.29, 1.82) is 0 Å². The summed E-state index contributed by atoms with van der Waals surface area (Å²) in [7, 11) is 0. The molecule has 1 saturated carbocycles. The number of nitrogens with one attached hydrogen (secondary N) is 1. The van der Waals surface area contributed by atoms with Crippen LogP contribution < -0.4 is 5.32 Å². The molecule has 1 heterocycles. The molecule has 0 spiro atoms. The van der Waals surface area contributed by atoms with E-state index in [2.05, 4.69) is 44.8 Å². The molecule has 2 rings (SSSR count). The molecule has 1 saturated heterocycles. The van der Waals surface area contributed by atoms with Crippen LogP contribution in [0.2, 0.25) is 0 Å². The number of carbonyl (C=O) groups excluding carboxylic acids is 1. The van der Waals surface area contributed by atoms with E-state index < -0.39 is 0 Å². The van der Waals surface area contributed by atoms with Crippen molar-refractivity contribution < 1.29 is 4.79 Å². The number of hydrogen-bond acceptors (Lipinski definition) is 2. The van der Waals surface area contributed by atoms with Crippen molar-refractivity contribution in [2.75, 3.05) is 6.54 Å². The van der Waals surface area contributed by atoms with Crippen molar-refractivity contribution >= 4 is 5.91 Å². The van der Waals surface area contributed by atoms with Crippen molar-refractivity contribution in [2.24, 2.45) is 23.7 Å². The summed E-state index contributed by atoms with van der Waals surface area (Å²) in [5, 5.41) is 3.64. The molecule has 3 heteroatoms. The highest BCUT2D eigenvalue weighted by atomic mass is 16.2. The Morgan fingerprint density at radius 1 is 1.29 bits per heavy atom. The lowest BCUT2D eigenvalue weighted by atomic mass is 9.96. The molecular weight excluding hydrogens is 260 g/mol. The summed E-state index contributed by atoms with van der Waals surface area (Å²) in [4.78, 5) is 15.0. The number of amides is 1. The van der Waals surface area contributed by atoms with Gasteiger partial charge in [-0.2, -0.15) is 0 Å². The zero-order chi connectivity index (χ0) is 15.6. The van der Waals surface area contributed by atoms with Gasteiger partial charge in [0.1, 0.15) is 0 Å². The van der Waals surface area contributed by atoms with Crippen LogP contribution in [0.5, 0.6) is 0 Å². The molecule has 122 valence electrons. The second kappa shape index (κ2) is 7.13. The fourth-order valence-electron chi connectivity index (χ4n) is 3.95. The molecule has 5 unspecified atom stereocenters. The maximum atomic E-state index is 12.9. The van der Waals surface area contributed by atoms with Gasteiger partial charge in [-0.3, -0.25) is 10.1 Å². The predicted molar refractivity (Wildman–Crippen MR) is 87.8 cm³/mol. The number of carbonyl (C=O) groups is 1. The van der Waals surface area contributed by atoms with E-state index in [1.807, 2.05) is 0 Å². The minimum absolute atomic E-state index is 0.0375. The summed E-state index contributed by atoms with van der Waals surface area (Å²) in [6.45, 7) is 12.2. The topological polar surface area (TPSA) is 32.3 Å².